The Kier molecular flexibility index (Phi) is 4.92. The molecule has 1 atom stereocenters. The number of benzene rings is 2. The van der Waals surface area contributed by atoms with Crippen molar-refractivity contribution in [1.29, 1.82) is 0 Å². The summed E-state index contributed by atoms with van der Waals surface area (Å²) in [5, 5.41) is 8.51. The van der Waals surface area contributed by atoms with E-state index in [1.54, 1.807) is 50.3 Å². The SMILES string of the molecule is COc1cc2c(cc1OC)CN(C(=O)[C@@H](C)n1nnc3ccccc3c1=O)CC2. The molecule has 29 heavy (non-hydrogen) atoms. The molecule has 4 rings (SSSR count). The van der Waals surface area contributed by atoms with Gasteiger partial charge in [0.2, 0.25) is 5.91 Å². The number of hydrogen-bond donors (Lipinski definition) is 0. The van der Waals surface area contributed by atoms with Crippen LogP contribution in [-0.2, 0) is 17.8 Å². The maximum Gasteiger partial charge on any atom is 0.278 e. The van der Waals surface area contributed by atoms with Crippen LogP contribution >= 0.6 is 0 Å². The van der Waals surface area contributed by atoms with Crippen molar-refractivity contribution >= 4 is 16.8 Å². The number of hydrogen-bond acceptors (Lipinski definition) is 6. The van der Waals surface area contributed by atoms with E-state index in [-0.39, 0.29) is 11.5 Å². The fourth-order valence-electron chi connectivity index (χ4n) is 3.70. The van der Waals surface area contributed by atoms with E-state index in [2.05, 4.69) is 10.3 Å². The van der Waals surface area contributed by atoms with Crippen molar-refractivity contribution in [2.24, 2.45) is 0 Å². The largest absolute Gasteiger partial charge is 0.493 e. The zero-order chi connectivity index (χ0) is 20.5. The molecule has 2 aromatic carbocycles. The van der Waals surface area contributed by atoms with Gasteiger partial charge in [-0.1, -0.05) is 17.3 Å². The summed E-state index contributed by atoms with van der Waals surface area (Å²) in [6.07, 6.45) is 0.701. The molecule has 0 bridgehead atoms. The average Bonchev–Trinajstić information content (AvgIpc) is 2.77. The minimum atomic E-state index is -0.749. The molecule has 0 spiro atoms. The second kappa shape index (κ2) is 7.54. The van der Waals surface area contributed by atoms with Gasteiger partial charge >= 0.3 is 0 Å². The quantitative estimate of drug-likeness (QED) is 0.672. The van der Waals surface area contributed by atoms with Crippen LogP contribution in [0.25, 0.3) is 10.9 Å². The van der Waals surface area contributed by atoms with E-state index in [9.17, 15) is 9.59 Å². The number of fused-ring (bicyclic) bond motifs is 2. The Hall–Kier alpha value is -3.42. The van der Waals surface area contributed by atoms with Crippen LogP contribution in [0.5, 0.6) is 11.5 Å². The van der Waals surface area contributed by atoms with Crippen LogP contribution in [0, 0.1) is 0 Å². The summed E-state index contributed by atoms with van der Waals surface area (Å²) in [6.45, 7) is 2.67. The molecule has 1 aliphatic heterocycles. The Morgan fingerprint density at radius 3 is 2.52 bits per heavy atom. The van der Waals surface area contributed by atoms with Crippen molar-refractivity contribution in [1.82, 2.24) is 19.9 Å². The van der Waals surface area contributed by atoms with Crippen molar-refractivity contribution in [3.05, 3.63) is 57.9 Å². The standard InChI is InChI=1S/C21H22N4O4/c1-13(25-21(27)16-6-4-5-7-17(16)22-23-25)20(26)24-9-8-14-10-18(28-2)19(29-3)11-15(14)12-24/h4-7,10-11,13H,8-9,12H2,1-3H3/t13-/m1/s1. The molecule has 1 aromatic heterocycles. The third-order valence-corrected chi connectivity index (χ3v) is 5.35. The van der Waals surface area contributed by atoms with Gasteiger partial charge in [-0.15, -0.1) is 5.10 Å². The van der Waals surface area contributed by atoms with Crippen LogP contribution in [-0.4, -0.2) is 46.6 Å². The van der Waals surface area contributed by atoms with E-state index >= 15 is 0 Å². The number of methoxy groups -OCH3 is 2. The Bertz CT molecular complexity index is 1140. The lowest BCUT2D eigenvalue weighted by Crippen LogP contribution is -2.42. The fraction of sp³-hybridized carbons (Fsp3) is 0.333. The first-order valence-electron chi connectivity index (χ1n) is 9.40. The van der Waals surface area contributed by atoms with Gasteiger partial charge in [-0.25, -0.2) is 0 Å². The number of carbonyl (C=O) groups excluding carboxylic acids is 1. The smallest absolute Gasteiger partial charge is 0.278 e. The van der Waals surface area contributed by atoms with Crippen LogP contribution in [0.1, 0.15) is 24.1 Å². The van der Waals surface area contributed by atoms with Crippen molar-refractivity contribution in [3.63, 3.8) is 0 Å². The van der Waals surface area contributed by atoms with Gasteiger partial charge < -0.3 is 14.4 Å². The summed E-state index contributed by atoms with van der Waals surface area (Å²) in [6, 6.07) is 10.1. The molecule has 0 aliphatic carbocycles. The first-order valence-corrected chi connectivity index (χ1v) is 9.40. The molecule has 2 heterocycles. The molecule has 0 saturated heterocycles. The molecule has 1 aliphatic rings. The van der Waals surface area contributed by atoms with E-state index in [0.717, 1.165) is 15.8 Å². The maximum absolute atomic E-state index is 13.1. The third-order valence-electron chi connectivity index (χ3n) is 5.35. The molecule has 0 saturated carbocycles. The Balaban J connectivity index is 1.61. The molecule has 3 aromatic rings. The van der Waals surface area contributed by atoms with Gasteiger partial charge in [-0.2, -0.15) is 4.68 Å². The van der Waals surface area contributed by atoms with Gasteiger partial charge in [-0.3, -0.25) is 9.59 Å². The number of aromatic nitrogens is 3. The van der Waals surface area contributed by atoms with E-state index in [1.807, 2.05) is 12.1 Å². The minimum absolute atomic E-state index is 0.169. The Morgan fingerprint density at radius 2 is 1.79 bits per heavy atom. The Labute approximate surface area is 167 Å². The highest BCUT2D eigenvalue weighted by molar-refractivity contribution is 5.81. The maximum atomic E-state index is 13.1. The van der Waals surface area contributed by atoms with Crippen molar-refractivity contribution in [2.45, 2.75) is 25.9 Å². The third kappa shape index (κ3) is 3.30. The predicted octanol–water partition coefficient (Wildman–Crippen LogP) is 1.95. The van der Waals surface area contributed by atoms with Crippen LogP contribution in [0.4, 0.5) is 0 Å². The Morgan fingerprint density at radius 1 is 1.10 bits per heavy atom. The molecule has 0 N–H and O–H groups in total. The summed E-state index contributed by atoms with van der Waals surface area (Å²) in [5.74, 6) is 1.14. The van der Waals surface area contributed by atoms with Crippen LogP contribution in [0.2, 0.25) is 0 Å². The molecule has 0 radical (unpaired) electrons. The van der Waals surface area contributed by atoms with Gasteiger partial charge in [0.25, 0.3) is 5.56 Å². The molecule has 1 amide bonds. The molecule has 0 fully saturated rings. The van der Waals surface area contributed by atoms with Gasteiger partial charge in [0, 0.05) is 13.1 Å². The second-order valence-corrected chi connectivity index (χ2v) is 7.02. The molecule has 8 heteroatoms. The highest BCUT2D eigenvalue weighted by Gasteiger charge is 2.28. The molecule has 0 unspecified atom stereocenters. The normalized spacial score (nSPS) is 14.4. The van der Waals surface area contributed by atoms with E-state index in [1.165, 1.54) is 0 Å². The average molecular weight is 394 g/mol. The van der Waals surface area contributed by atoms with E-state index in [4.69, 9.17) is 9.47 Å². The second-order valence-electron chi connectivity index (χ2n) is 7.02. The zero-order valence-electron chi connectivity index (χ0n) is 16.6. The van der Waals surface area contributed by atoms with Crippen molar-refractivity contribution < 1.29 is 14.3 Å². The molecular weight excluding hydrogens is 372 g/mol. The minimum Gasteiger partial charge on any atom is -0.493 e. The van der Waals surface area contributed by atoms with E-state index in [0.29, 0.717) is 41.9 Å². The van der Waals surface area contributed by atoms with Gasteiger partial charge in [0.15, 0.2) is 11.5 Å². The van der Waals surface area contributed by atoms with Crippen LogP contribution < -0.4 is 15.0 Å². The van der Waals surface area contributed by atoms with Crippen LogP contribution in [0.15, 0.2) is 41.2 Å². The van der Waals surface area contributed by atoms with Crippen molar-refractivity contribution in [2.75, 3.05) is 20.8 Å². The molecular formula is C21H22N4O4. The highest BCUT2D eigenvalue weighted by atomic mass is 16.5. The zero-order valence-corrected chi connectivity index (χ0v) is 16.6. The number of rotatable bonds is 4. The summed E-state index contributed by atoms with van der Waals surface area (Å²) in [7, 11) is 3.19. The fourth-order valence-corrected chi connectivity index (χ4v) is 3.70. The number of amides is 1. The van der Waals surface area contributed by atoms with E-state index < -0.39 is 6.04 Å². The molecule has 150 valence electrons. The van der Waals surface area contributed by atoms with Gasteiger partial charge in [-0.05, 0) is 48.7 Å². The highest BCUT2D eigenvalue weighted by Crippen LogP contribution is 2.33. The lowest BCUT2D eigenvalue weighted by Gasteiger charge is -2.31. The topological polar surface area (TPSA) is 86.6 Å². The monoisotopic (exact) mass is 394 g/mol. The van der Waals surface area contributed by atoms with Crippen molar-refractivity contribution in [3.8, 4) is 11.5 Å². The first kappa shape index (κ1) is 18.9. The summed E-state index contributed by atoms with van der Waals surface area (Å²) >= 11 is 0. The molecule has 8 nitrogen and oxygen atoms in total. The first-order chi connectivity index (χ1) is 14.0. The van der Waals surface area contributed by atoms with Crippen LogP contribution in [0.3, 0.4) is 0 Å². The number of carbonyl (C=O) groups is 1. The van der Waals surface area contributed by atoms with Gasteiger partial charge in [0.05, 0.1) is 19.6 Å². The number of ether oxygens (including phenoxy) is 2. The summed E-state index contributed by atoms with van der Waals surface area (Å²) in [5.41, 5.74) is 2.33. The lowest BCUT2D eigenvalue weighted by molar-refractivity contribution is -0.135. The number of nitrogens with zero attached hydrogens (tertiary/aromatic N) is 4. The van der Waals surface area contributed by atoms with Gasteiger partial charge in [0.1, 0.15) is 11.6 Å². The lowest BCUT2D eigenvalue weighted by atomic mass is 9.98. The predicted molar refractivity (Wildman–Crippen MR) is 107 cm³/mol. The summed E-state index contributed by atoms with van der Waals surface area (Å²) < 4.78 is 11.9. The summed E-state index contributed by atoms with van der Waals surface area (Å²) in [4.78, 5) is 27.6.